The predicted octanol–water partition coefficient (Wildman–Crippen LogP) is 2.68. The van der Waals surface area contributed by atoms with E-state index in [4.69, 9.17) is 10.5 Å². The average molecular weight is 273 g/mol. The first-order chi connectivity index (χ1) is 8.61. The normalized spacial score (nSPS) is 12.6. The van der Waals surface area contributed by atoms with Crippen LogP contribution in [-0.2, 0) is 4.74 Å². The van der Waals surface area contributed by atoms with Crippen LogP contribution in [0.5, 0.6) is 0 Å². The summed E-state index contributed by atoms with van der Waals surface area (Å²) in [6.45, 7) is 3.08. The van der Waals surface area contributed by atoms with Gasteiger partial charge >= 0.3 is 0 Å². The zero-order chi connectivity index (χ0) is 13.4. The molecule has 0 radical (unpaired) electrons. The molecule has 102 valence electrons. The Hall–Kier alpha value is -0.780. The first-order valence-corrected chi connectivity index (χ1v) is 7.05. The van der Waals surface area contributed by atoms with Crippen molar-refractivity contribution in [3.05, 3.63) is 24.0 Å². The number of ether oxygens (including phenoxy) is 1. The molecule has 0 bridgehead atoms. The molecule has 1 unspecified atom stereocenters. The quantitative estimate of drug-likeness (QED) is 0.434. The van der Waals surface area contributed by atoms with Gasteiger partial charge in [0.1, 0.15) is 5.82 Å². The summed E-state index contributed by atoms with van der Waals surface area (Å²) in [6.07, 6.45) is 1.53. The average Bonchev–Trinajstić information content (AvgIpc) is 2.31. The van der Waals surface area contributed by atoms with Gasteiger partial charge < -0.3 is 15.6 Å². The fraction of sp³-hybridized carbons (Fsp3) is 0.538. The molecule has 0 saturated carbocycles. The molecule has 3 N–H and O–H groups in total. The number of thioether (sulfide) groups is 1. The monoisotopic (exact) mass is 273 g/mol. The summed E-state index contributed by atoms with van der Waals surface area (Å²) in [6, 6.07) is 4.37. The molecule has 0 saturated heterocycles. The lowest BCUT2D eigenvalue weighted by Gasteiger charge is -2.11. The predicted molar refractivity (Wildman–Crippen MR) is 73.3 cm³/mol. The summed E-state index contributed by atoms with van der Waals surface area (Å²) in [4.78, 5) is 0.722. The molecule has 0 spiro atoms. The van der Waals surface area contributed by atoms with Crippen LogP contribution in [0, 0.1) is 5.82 Å². The number of aliphatic hydroxyl groups excluding tert-OH is 1. The standard InChI is InChI=1S/C13H20FNO2S/c1-2-3-4-17-8-12(16)9-18-13-6-10(14)5-11(15)7-13/h5-7,12,16H,2-4,8-9,15H2,1H3. The van der Waals surface area contributed by atoms with Crippen molar-refractivity contribution in [2.24, 2.45) is 0 Å². The van der Waals surface area contributed by atoms with Crippen molar-refractivity contribution < 1.29 is 14.2 Å². The summed E-state index contributed by atoms with van der Waals surface area (Å²) >= 11 is 1.37. The fourth-order valence-electron chi connectivity index (χ4n) is 1.37. The maximum atomic E-state index is 13.1. The molecular weight excluding hydrogens is 253 g/mol. The topological polar surface area (TPSA) is 55.5 Å². The van der Waals surface area contributed by atoms with E-state index in [2.05, 4.69) is 6.92 Å². The van der Waals surface area contributed by atoms with Gasteiger partial charge in [0, 0.05) is 22.9 Å². The number of hydrogen-bond acceptors (Lipinski definition) is 4. The van der Waals surface area contributed by atoms with Crippen LogP contribution < -0.4 is 5.73 Å². The van der Waals surface area contributed by atoms with Crippen molar-refractivity contribution in [1.29, 1.82) is 0 Å². The molecule has 0 aliphatic rings. The van der Waals surface area contributed by atoms with Gasteiger partial charge in [0.2, 0.25) is 0 Å². The molecule has 1 aromatic carbocycles. The number of halogens is 1. The van der Waals surface area contributed by atoms with Gasteiger partial charge in [-0.05, 0) is 24.6 Å². The number of aliphatic hydroxyl groups is 1. The minimum absolute atomic E-state index is 0.317. The van der Waals surface area contributed by atoms with Gasteiger partial charge in [0.15, 0.2) is 0 Å². The number of hydrogen-bond donors (Lipinski definition) is 2. The number of anilines is 1. The third kappa shape index (κ3) is 6.23. The van der Waals surface area contributed by atoms with Crippen LogP contribution in [0.4, 0.5) is 10.1 Å². The van der Waals surface area contributed by atoms with Crippen LogP contribution in [0.3, 0.4) is 0 Å². The molecular formula is C13H20FNO2S. The summed E-state index contributed by atoms with van der Waals surface area (Å²) in [7, 11) is 0. The molecule has 0 aliphatic carbocycles. The molecule has 1 rings (SSSR count). The lowest BCUT2D eigenvalue weighted by atomic mass is 10.3. The number of rotatable bonds is 8. The second-order valence-electron chi connectivity index (χ2n) is 4.11. The van der Waals surface area contributed by atoms with Crippen LogP contribution in [0.15, 0.2) is 23.1 Å². The van der Waals surface area contributed by atoms with Crippen molar-refractivity contribution in [2.75, 3.05) is 24.7 Å². The number of nitrogen functional groups attached to an aromatic ring is 1. The van der Waals surface area contributed by atoms with E-state index < -0.39 is 6.10 Å². The Kier molecular flexibility index (Phi) is 7.08. The van der Waals surface area contributed by atoms with E-state index in [-0.39, 0.29) is 5.82 Å². The first-order valence-electron chi connectivity index (χ1n) is 6.06. The van der Waals surface area contributed by atoms with E-state index in [1.54, 1.807) is 6.07 Å². The SMILES string of the molecule is CCCCOCC(O)CSc1cc(N)cc(F)c1. The van der Waals surface area contributed by atoms with Crippen LogP contribution in [0.25, 0.3) is 0 Å². The zero-order valence-electron chi connectivity index (χ0n) is 10.6. The van der Waals surface area contributed by atoms with Gasteiger partial charge in [-0.2, -0.15) is 0 Å². The van der Waals surface area contributed by atoms with E-state index in [1.807, 2.05) is 0 Å². The molecule has 0 aromatic heterocycles. The summed E-state index contributed by atoms with van der Waals surface area (Å²) in [5.74, 6) is 0.112. The van der Waals surface area contributed by atoms with Crippen LogP contribution in [-0.4, -0.2) is 30.2 Å². The van der Waals surface area contributed by atoms with E-state index in [0.717, 1.165) is 17.7 Å². The van der Waals surface area contributed by atoms with Crippen molar-refractivity contribution in [3.8, 4) is 0 Å². The molecule has 3 nitrogen and oxygen atoms in total. The highest BCUT2D eigenvalue weighted by molar-refractivity contribution is 7.99. The highest BCUT2D eigenvalue weighted by Gasteiger charge is 2.06. The summed E-state index contributed by atoms with van der Waals surface area (Å²) < 4.78 is 18.4. The third-order valence-electron chi connectivity index (χ3n) is 2.29. The van der Waals surface area contributed by atoms with Gasteiger partial charge in [-0.3, -0.25) is 0 Å². The highest BCUT2D eigenvalue weighted by atomic mass is 32.2. The van der Waals surface area contributed by atoms with E-state index >= 15 is 0 Å². The Morgan fingerprint density at radius 1 is 1.44 bits per heavy atom. The van der Waals surface area contributed by atoms with Crippen LogP contribution in [0.1, 0.15) is 19.8 Å². The molecule has 1 aromatic rings. The third-order valence-corrected chi connectivity index (χ3v) is 3.41. The Morgan fingerprint density at radius 3 is 2.89 bits per heavy atom. The summed E-state index contributed by atoms with van der Waals surface area (Å²) in [5.41, 5.74) is 5.93. The number of benzene rings is 1. The Labute approximate surface area is 112 Å². The molecule has 0 aliphatic heterocycles. The van der Waals surface area contributed by atoms with E-state index in [9.17, 15) is 9.50 Å². The lowest BCUT2D eigenvalue weighted by molar-refractivity contribution is 0.0473. The molecule has 18 heavy (non-hydrogen) atoms. The largest absolute Gasteiger partial charge is 0.399 e. The van der Waals surface area contributed by atoms with Crippen molar-refractivity contribution >= 4 is 17.4 Å². The lowest BCUT2D eigenvalue weighted by Crippen LogP contribution is -2.18. The van der Waals surface area contributed by atoms with E-state index in [1.165, 1.54) is 23.9 Å². The second kappa shape index (κ2) is 8.34. The minimum Gasteiger partial charge on any atom is -0.399 e. The molecule has 1 atom stereocenters. The van der Waals surface area contributed by atoms with Gasteiger partial charge in [0.05, 0.1) is 12.7 Å². The fourth-order valence-corrected chi connectivity index (χ4v) is 2.27. The Balaban J connectivity index is 2.26. The maximum Gasteiger partial charge on any atom is 0.126 e. The molecule has 0 amide bonds. The number of nitrogens with two attached hydrogens (primary N) is 1. The van der Waals surface area contributed by atoms with Crippen LogP contribution in [0.2, 0.25) is 0 Å². The summed E-state index contributed by atoms with van der Waals surface area (Å²) in [5, 5.41) is 9.68. The van der Waals surface area contributed by atoms with Crippen molar-refractivity contribution in [1.82, 2.24) is 0 Å². The van der Waals surface area contributed by atoms with Crippen molar-refractivity contribution in [3.63, 3.8) is 0 Å². The van der Waals surface area contributed by atoms with Gasteiger partial charge in [-0.1, -0.05) is 13.3 Å². The van der Waals surface area contributed by atoms with Crippen molar-refractivity contribution in [2.45, 2.75) is 30.8 Å². The maximum absolute atomic E-state index is 13.1. The van der Waals surface area contributed by atoms with Gasteiger partial charge in [-0.25, -0.2) is 4.39 Å². The smallest absolute Gasteiger partial charge is 0.126 e. The minimum atomic E-state index is -0.545. The Bertz CT molecular complexity index is 343. The number of unbranched alkanes of at least 4 members (excludes halogenated alkanes) is 1. The van der Waals surface area contributed by atoms with Gasteiger partial charge in [0.25, 0.3) is 0 Å². The van der Waals surface area contributed by atoms with E-state index in [0.29, 0.717) is 24.7 Å². The molecule has 0 heterocycles. The molecule has 0 fully saturated rings. The van der Waals surface area contributed by atoms with Crippen LogP contribution >= 0.6 is 11.8 Å². The first kappa shape index (κ1) is 15.3. The zero-order valence-corrected chi connectivity index (χ0v) is 11.4. The molecule has 5 heteroatoms. The highest BCUT2D eigenvalue weighted by Crippen LogP contribution is 2.22. The Morgan fingerprint density at radius 2 is 2.22 bits per heavy atom. The van der Waals surface area contributed by atoms with Gasteiger partial charge in [-0.15, -0.1) is 11.8 Å². The second-order valence-corrected chi connectivity index (χ2v) is 5.21.